The van der Waals surface area contributed by atoms with Crippen molar-refractivity contribution >= 4 is 12.2 Å². The summed E-state index contributed by atoms with van der Waals surface area (Å²) in [7, 11) is 0. The largest absolute Gasteiger partial charge is 0.504 e. The summed E-state index contributed by atoms with van der Waals surface area (Å²) in [5.41, 5.74) is 6.55. The minimum atomic E-state index is -0.217. The number of hydrazone groups is 1. The number of hydrogen-bond acceptors (Lipinski definition) is 7. The van der Waals surface area contributed by atoms with Gasteiger partial charge >= 0.3 is 0 Å². The Morgan fingerprint density at radius 3 is 2.03 bits per heavy atom. The minimum absolute atomic E-state index is 0.188. The van der Waals surface area contributed by atoms with E-state index in [0.29, 0.717) is 17.0 Å². The predicted octanol–water partition coefficient (Wildman–Crippen LogP) is 4.06. The molecule has 3 aromatic carbocycles. The van der Waals surface area contributed by atoms with Gasteiger partial charge in [-0.25, -0.2) is 10.4 Å². The molecule has 142 valence electrons. The first-order valence-electron chi connectivity index (χ1n) is 8.87. The highest BCUT2D eigenvalue weighted by molar-refractivity contribution is 5.81. The molecule has 0 fully saturated rings. The standard InChI is InChI=1S/C22H17N5O2/c28-18-12-11-15(13-19(18)29)14-23-26-22-24-20(16-7-3-1-4-8-16)21(25-27-22)17-9-5-2-6-10-17/h1-14,28-29H,(H,24,26,27)/b23-14-. The van der Waals surface area contributed by atoms with Crippen LogP contribution >= 0.6 is 0 Å². The Morgan fingerprint density at radius 2 is 1.38 bits per heavy atom. The molecule has 4 rings (SSSR count). The van der Waals surface area contributed by atoms with Crippen LogP contribution in [0.1, 0.15) is 5.56 Å². The number of nitrogens with zero attached hydrogens (tertiary/aromatic N) is 4. The number of anilines is 1. The zero-order valence-electron chi connectivity index (χ0n) is 15.3. The Hall–Kier alpha value is -4.26. The van der Waals surface area contributed by atoms with Gasteiger partial charge in [0.1, 0.15) is 11.4 Å². The van der Waals surface area contributed by atoms with Crippen LogP contribution in [0.3, 0.4) is 0 Å². The van der Waals surface area contributed by atoms with E-state index in [9.17, 15) is 10.2 Å². The van der Waals surface area contributed by atoms with Crippen molar-refractivity contribution in [2.45, 2.75) is 0 Å². The van der Waals surface area contributed by atoms with E-state index in [-0.39, 0.29) is 17.4 Å². The van der Waals surface area contributed by atoms with Gasteiger partial charge in [0, 0.05) is 11.1 Å². The molecule has 4 aromatic rings. The molecule has 0 spiro atoms. The van der Waals surface area contributed by atoms with Gasteiger partial charge < -0.3 is 10.2 Å². The lowest BCUT2D eigenvalue weighted by Gasteiger charge is -2.09. The summed E-state index contributed by atoms with van der Waals surface area (Å²) in [6.45, 7) is 0. The van der Waals surface area contributed by atoms with Gasteiger partial charge in [-0.1, -0.05) is 60.7 Å². The second-order valence-corrected chi connectivity index (χ2v) is 6.18. The zero-order chi connectivity index (χ0) is 20.1. The lowest BCUT2D eigenvalue weighted by molar-refractivity contribution is 0.403. The number of phenols is 2. The smallest absolute Gasteiger partial charge is 0.263 e. The Balaban J connectivity index is 1.65. The molecular formula is C22H17N5O2. The van der Waals surface area contributed by atoms with E-state index in [0.717, 1.165) is 11.1 Å². The Bertz CT molecular complexity index is 1150. The van der Waals surface area contributed by atoms with E-state index in [4.69, 9.17) is 0 Å². The van der Waals surface area contributed by atoms with E-state index < -0.39 is 0 Å². The minimum Gasteiger partial charge on any atom is -0.504 e. The van der Waals surface area contributed by atoms with Crippen molar-refractivity contribution < 1.29 is 10.2 Å². The monoisotopic (exact) mass is 383 g/mol. The van der Waals surface area contributed by atoms with Crippen LogP contribution < -0.4 is 5.43 Å². The first-order valence-corrected chi connectivity index (χ1v) is 8.87. The van der Waals surface area contributed by atoms with Crippen LogP contribution in [0.5, 0.6) is 11.5 Å². The molecule has 0 saturated carbocycles. The average Bonchev–Trinajstić information content (AvgIpc) is 2.77. The highest BCUT2D eigenvalue weighted by Crippen LogP contribution is 2.28. The van der Waals surface area contributed by atoms with Gasteiger partial charge in [0.2, 0.25) is 0 Å². The van der Waals surface area contributed by atoms with Crippen molar-refractivity contribution in [3.63, 3.8) is 0 Å². The third kappa shape index (κ3) is 4.19. The quantitative estimate of drug-likeness (QED) is 0.273. The highest BCUT2D eigenvalue weighted by Gasteiger charge is 2.13. The second kappa shape index (κ2) is 8.18. The predicted molar refractivity (Wildman–Crippen MR) is 112 cm³/mol. The molecule has 0 amide bonds. The average molecular weight is 383 g/mol. The SMILES string of the molecule is Oc1ccc(/C=N\Nc2nnc(-c3ccccc3)c(-c3ccccc3)n2)cc1O. The summed E-state index contributed by atoms with van der Waals surface area (Å²) < 4.78 is 0. The third-order valence-electron chi connectivity index (χ3n) is 4.16. The van der Waals surface area contributed by atoms with Crippen LogP contribution in [-0.2, 0) is 0 Å². The molecule has 0 aliphatic rings. The molecule has 29 heavy (non-hydrogen) atoms. The Kier molecular flexibility index (Phi) is 5.11. The van der Waals surface area contributed by atoms with Crippen LogP contribution in [0.15, 0.2) is 84.0 Å². The normalized spacial score (nSPS) is 10.9. The topological polar surface area (TPSA) is 104 Å². The van der Waals surface area contributed by atoms with Crippen LogP contribution in [0.25, 0.3) is 22.5 Å². The van der Waals surface area contributed by atoms with E-state index in [2.05, 4.69) is 25.7 Å². The van der Waals surface area contributed by atoms with Crippen molar-refractivity contribution in [3.8, 4) is 34.0 Å². The molecule has 0 aliphatic carbocycles. The first-order chi connectivity index (χ1) is 14.2. The van der Waals surface area contributed by atoms with E-state index >= 15 is 0 Å². The van der Waals surface area contributed by atoms with Gasteiger partial charge in [0.05, 0.1) is 6.21 Å². The second-order valence-electron chi connectivity index (χ2n) is 6.18. The Morgan fingerprint density at radius 1 is 0.724 bits per heavy atom. The molecule has 0 aliphatic heterocycles. The molecule has 7 nitrogen and oxygen atoms in total. The number of aromatic hydroxyl groups is 2. The fourth-order valence-electron chi connectivity index (χ4n) is 2.75. The van der Waals surface area contributed by atoms with Gasteiger partial charge in [-0.2, -0.15) is 5.10 Å². The maximum Gasteiger partial charge on any atom is 0.263 e. The molecule has 0 saturated heterocycles. The summed E-state index contributed by atoms with van der Waals surface area (Å²) in [6, 6.07) is 23.9. The summed E-state index contributed by atoms with van der Waals surface area (Å²) in [5.74, 6) is -0.167. The lowest BCUT2D eigenvalue weighted by atomic mass is 10.0. The molecule has 0 bridgehead atoms. The van der Waals surface area contributed by atoms with Crippen LogP contribution in [-0.4, -0.2) is 31.6 Å². The van der Waals surface area contributed by atoms with Gasteiger partial charge in [-0.05, 0) is 23.8 Å². The number of benzene rings is 3. The zero-order valence-corrected chi connectivity index (χ0v) is 15.3. The van der Waals surface area contributed by atoms with Crippen LogP contribution in [0.4, 0.5) is 5.95 Å². The molecule has 1 heterocycles. The maximum atomic E-state index is 9.55. The summed E-state index contributed by atoms with van der Waals surface area (Å²) in [5, 5.41) is 31.5. The van der Waals surface area contributed by atoms with Crippen LogP contribution in [0.2, 0.25) is 0 Å². The molecule has 3 N–H and O–H groups in total. The van der Waals surface area contributed by atoms with Crippen LogP contribution in [0, 0.1) is 0 Å². The van der Waals surface area contributed by atoms with Gasteiger partial charge in [0.25, 0.3) is 5.95 Å². The summed E-state index contributed by atoms with van der Waals surface area (Å²) in [6.07, 6.45) is 1.48. The van der Waals surface area contributed by atoms with E-state index in [1.54, 1.807) is 6.07 Å². The number of nitrogens with one attached hydrogen (secondary N) is 1. The molecule has 0 unspecified atom stereocenters. The summed E-state index contributed by atoms with van der Waals surface area (Å²) >= 11 is 0. The van der Waals surface area contributed by atoms with Gasteiger partial charge in [-0.3, -0.25) is 0 Å². The lowest BCUT2D eigenvalue weighted by Crippen LogP contribution is -2.03. The first kappa shape index (κ1) is 18.1. The van der Waals surface area contributed by atoms with Gasteiger partial charge in [0.15, 0.2) is 11.5 Å². The fourth-order valence-corrected chi connectivity index (χ4v) is 2.75. The molecule has 1 aromatic heterocycles. The van der Waals surface area contributed by atoms with E-state index in [1.807, 2.05) is 60.7 Å². The summed E-state index contributed by atoms with van der Waals surface area (Å²) in [4.78, 5) is 4.59. The van der Waals surface area contributed by atoms with E-state index in [1.165, 1.54) is 18.3 Å². The number of phenolic OH excluding ortho intramolecular Hbond substituents is 2. The maximum absolute atomic E-state index is 9.55. The third-order valence-corrected chi connectivity index (χ3v) is 4.16. The highest BCUT2D eigenvalue weighted by atomic mass is 16.3. The van der Waals surface area contributed by atoms with Crippen molar-refractivity contribution in [2.24, 2.45) is 5.10 Å². The van der Waals surface area contributed by atoms with Crippen molar-refractivity contribution in [3.05, 3.63) is 84.4 Å². The number of aromatic nitrogens is 3. The molecule has 0 atom stereocenters. The van der Waals surface area contributed by atoms with Crippen molar-refractivity contribution in [1.82, 2.24) is 15.2 Å². The Labute approximate surface area is 167 Å². The fraction of sp³-hybridized carbons (Fsp3) is 0. The van der Waals surface area contributed by atoms with Crippen molar-refractivity contribution in [2.75, 3.05) is 5.43 Å². The number of rotatable bonds is 5. The number of hydrogen-bond donors (Lipinski definition) is 3. The van der Waals surface area contributed by atoms with Crippen molar-refractivity contribution in [1.29, 1.82) is 0 Å². The molecule has 0 radical (unpaired) electrons. The molecule has 7 heteroatoms. The van der Waals surface area contributed by atoms with Gasteiger partial charge in [-0.15, -0.1) is 10.2 Å². The molecular weight excluding hydrogens is 366 g/mol.